The lowest BCUT2D eigenvalue weighted by molar-refractivity contribution is -0.137. The number of anilines is 1. The SMILES string of the molecule is OC1=C2C(=c3c(F)cccc3=CN2C2CC2)NN1c1ccc(C(F)(F)F)cc1. The molecular formula is C20H15F4N3O. The van der Waals surface area contributed by atoms with Crippen molar-refractivity contribution in [2.45, 2.75) is 25.1 Å². The van der Waals surface area contributed by atoms with Crippen LogP contribution in [0.5, 0.6) is 0 Å². The molecule has 0 atom stereocenters. The summed E-state index contributed by atoms with van der Waals surface area (Å²) < 4.78 is 53.0. The van der Waals surface area contributed by atoms with Gasteiger partial charge in [-0.05, 0) is 43.2 Å². The van der Waals surface area contributed by atoms with Gasteiger partial charge in [-0.1, -0.05) is 12.1 Å². The summed E-state index contributed by atoms with van der Waals surface area (Å²) in [6.07, 6.45) is -0.736. The fourth-order valence-corrected chi connectivity index (χ4v) is 3.61. The average molecular weight is 389 g/mol. The molecule has 0 bridgehead atoms. The fourth-order valence-electron chi connectivity index (χ4n) is 3.61. The third-order valence-corrected chi connectivity index (χ3v) is 5.11. The van der Waals surface area contributed by atoms with E-state index in [1.807, 2.05) is 11.1 Å². The average Bonchev–Trinajstić information content (AvgIpc) is 3.44. The maximum atomic E-state index is 14.5. The lowest BCUT2D eigenvalue weighted by Crippen LogP contribution is -2.43. The molecule has 0 radical (unpaired) electrons. The van der Waals surface area contributed by atoms with E-state index in [1.165, 1.54) is 23.2 Å². The van der Waals surface area contributed by atoms with E-state index < -0.39 is 17.6 Å². The van der Waals surface area contributed by atoms with Gasteiger partial charge in [-0.15, -0.1) is 0 Å². The summed E-state index contributed by atoms with van der Waals surface area (Å²) in [4.78, 5) is 1.91. The van der Waals surface area contributed by atoms with E-state index in [0.717, 1.165) is 25.0 Å². The fraction of sp³-hybridized carbons (Fsp3) is 0.200. The largest absolute Gasteiger partial charge is 0.492 e. The number of nitrogens with zero attached hydrogens (tertiary/aromatic N) is 2. The molecule has 4 nitrogen and oxygen atoms in total. The van der Waals surface area contributed by atoms with Gasteiger partial charge in [0.2, 0.25) is 5.88 Å². The molecule has 1 fully saturated rings. The highest BCUT2D eigenvalue weighted by Crippen LogP contribution is 2.39. The molecule has 8 heteroatoms. The lowest BCUT2D eigenvalue weighted by Gasteiger charge is -2.24. The molecule has 2 aromatic carbocycles. The first-order valence-electron chi connectivity index (χ1n) is 8.81. The van der Waals surface area contributed by atoms with Crippen molar-refractivity contribution in [3.8, 4) is 0 Å². The molecule has 0 aromatic heterocycles. The molecule has 2 aliphatic heterocycles. The Kier molecular flexibility index (Phi) is 3.44. The summed E-state index contributed by atoms with van der Waals surface area (Å²) >= 11 is 0. The van der Waals surface area contributed by atoms with Gasteiger partial charge in [0.25, 0.3) is 0 Å². The Morgan fingerprint density at radius 2 is 1.75 bits per heavy atom. The molecule has 0 unspecified atom stereocenters. The summed E-state index contributed by atoms with van der Waals surface area (Å²) in [5.74, 6) is -0.613. The molecule has 2 heterocycles. The molecule has 3 aliphatic rings. The van der Waals surface area contributed by atoms with Crippen molar-refractivity contribution in [2.24, 2.45) is 0 Å². The Balaban J connectivity index is 1.65. The number of halogens is 4. The number of rotatable bonds is 2. The molecule has 0 saturated heterocycles. The van der Waals surface area contributed by atoms with Gasteiger partial charge in [0, 0.05) is 22.7 Å². The quantitative estimate of drug-likeness (QED) is 0.775. The van der Waals surface area contributed by atoms with Crippen LogP contribution in [0.2, 0.25) is 0 Å². The highest BCUT2D eigenvalue weighted by molar-refractivity contribution is 5.76. The molecule has 2 N–H and O–H groups in total. The number of nitrogens with one attached hydrogen (secondary N) is 1. The smallest absolute Gasteiger partial charge is 0.416 e. The number of aliphatic hydroxyl groups is 1. The van der Waals surface area contributed by atoms with E-state index in [0.29, 0.717) is 27.5 Å². The first kappa shape index (κ1) is 17.0. The van der Waals surface area contributed by atoms with Crippen LogP contribution in [-0.4, -0.2) is 16.0 Å². The van der Waals surface area contributed by atoms with E-state index in [1.54, 1.807) is 12.1 Å². The van der Waals surface area contributed by atoms with Gasteiger partial charge in [0.1, 0.15) is 11.5 Å². The number of benzene rings is 2. The van der Waals surface area contributed by atoms with Crippen LogP contribution in [0.4, 0.5) is 23.2 Å². The molecule has 2 aromatic rings. The Morgan fingerprint density at radius 3 is 2.39 bits per heavy atom. The minimum absolute atomic E-state index is 0.174. The van der Waals surface area contributed by atoms with Crippen LogP contribution in [-0.2, 0) is 6.18 Å². The Hall–Kier alpha value is -3.16. The summed E-state index contributed by atoms with van der Waals surface area (Å²) in [6.45, 7) is 0. The van der Waals surface area contributed by atoms with Crippen molar-refractivity contribution >= 4 is 17.6 Å². The summed E-state index contributed by atoms with van der Waals surface area (Å²) in [5, 5.41) is 13.1. The van der Waals surface area contributed by atoms with E-state index in [2.05, 4.69) is 5.43 Å². The molecular weight excluding hydrogens is 374 g/mol. The zero-order valence-corrected chi connectivity index (χ0v) is 14.5. The zero-order valence-electron chi connectivity index (χ0n) is 14.5. The third kappa shape index (κ3) is 2.51. The first-order chi connectivity index (χ1) is 13.3. The molecule has 0 amide bonds. The van der Waals surface area contributed by atoms with Gasteiger partial charge in [-0.25, -0.2) is 9.40 Å². The van der Waals surface area contributed by atoms with Crippen molar-refractivity contribution in [3.63, 3.8) is 0 Å². The second kappa shape index (κ2) is 5.67. The lowest BCUT2D eigenvalue weighted by atomic mass is 10.1. The van der Waals surface area contributed by atoms with Crippen molar-refractivity contribution in [2.75, 3.05) is 5.01 Å². The number of hydrogen-bond acceptors (Lipinski definition) is 4. The molecule has 28 heavy (non-hydrogen) atoms. The predicted molar refractivity (Wildman–Crippen MR) is 95.1 cm³/mol. The van der Waals surface area contributed by atoms with E-state index in [4.69, 9.17) is 0 Å². The van der Waals surface area contributed by atoms with Gasteiger partial charge in [-0.3, -0.25) is 5.43 Å². The van der Waals surface area contributed by atoms with Gasteiger partial charge in [0.05, 0.1) is 16.9 Å². The molecule has 144 valence electrons. The van der Waals surface area contributed by atoms with E-state index in [-0.39, 0.29) is 11.9 Å². The van der Waals surface area contributed by atoms with Crippen LogP contribution in [0.1, 0.15) is 18.4 Å². The van der Waals surface area contributed by atoms with Gasteiger partial charge in [0.15, 0.2) is 0 Å². The summed E-state index contributed by atoms with van der Waals surface area (Å²) in [6, 6.07) is 9.36. The Bertz CT molecular complexity index is 1120. The van der Waals surface area contributed by atoms with Crippen molar-refractivity contribution in [1.29, 1.82) is 0 Å². The van der Waals surface area contributed by atoms with Gasteiger partial charge >= 0.3 is 6.18 Å². The van der Waals surface area contributed by atoms with E-state index >= 15 is 0 Å². The molecule has 1 saturated carbocycles. The molecule has 0 spiro atoms. The van der Waals surface area contributed by atoms with Gasteiger partial charge in [-0.2, -0.15) is 13.2 Å². The van der Waals surface area contributed by atoms with E-state index in [9.17, 15) is 22.7 Å². The predicted octanol–water partition coefficient (Wildman–Crippen LogP) is 2.92. The van der Waals surface area contributed by atoms with Gasteiger partial charge < -0.3 is 10.0 Å². The van der Waals surface area contributed by atoms with Crippen LogP contribution in [0.3, 0.4) is 0 Å². The van der Waals surface area contributed by atoms with Crippen LogP contribution in [0, 0.1) is 5.82 Å². The molecule has 5 rings (SSSR count). The summed E-state index contributed by atoms with van der Waals surface area (Å²) in [7, 11) is 0. The summed E-state index contributed by atoms with van der Waals surface area (Å²) in [5.41, 5.74) is 3.34. The second-order valence-corrected chi connectivity index (χ2v) is 7.01. The highest BCUT2D eigenvalue weighted by Gasteiger charge is 2.40. The van der Waals surface area contributed by atoms with Crippen LogP contribution in [0.25, 0.3) is 11.9 Å². The second-order valence-electron chi connectivity index (χ2n) is 7.01. The Labute approximate surface area is 157 Å². The van der Waals surface area contributed by atoms with Crippen LogP contribution in [0.15, 0.2) is 54.0 Å². The zero-order chi connectivity index (χ0) is 19.6. The monoisotopic (exact) mass is 389 g/mol. The topological polar surface area (TPSA) is 38.7 Å². The maximum Gasteiger partial charge on any atom is 0.416 e. The highest BCUT2D eigenvalue weighted by atomic mass is 19.4. The number of fused-ring (bicyclic) bond motifs is 2. The first-order valence-corrected chi connectivity index (χ1v) is 8.81. The number of alkyl halides is 3. The van der Waals surface area contributed by atoms with Crippen molar-refractivity contribution < 1.29 is 22.7 Å². The molecule has 1 aliphatic carbocycles. The maximum absolute atomic E-state index is 14.5. The standard InChI is InChI=1S/C20H15F4N3O/c21-15-3-1-2-11-10-26(13-8-9-13)18-17(16(11)15)25-27(19(18)28)14-6-4-12(5-7-14)20(22,23)24/h1-7,10,13,25,28H,8-9H2. The number of hydrogen-bond donors (Lipinski definition) is 2. The van der Waals surface area contributed by atoms with Crippen molar-refractivity contribution in [3.05, 3.63) is 75.9 Å². The van der Waals surface area contributed by atoms with Crippen molar-refractivity contribution in [1.82, 2.24) is 10.3 Å². The normalized spacial score (nSPS) is 18.6. The van der Waals surface area contributed by atoms with Crippen LogP contribution < -0.4 is 20.9 Å². The Morgan fingerprint density at radius 1 is 1.04 bits per heavy atom. The minimum Gasteiger partial charge on any atom is -0.492 e. The third-order valence-electron chi connectivity index (χ3n) is 5.11. The minimum atomic E-state index is -4.44. The van der Waals surface area contributed by atoms with Crippen LogP contribution >= 0.6 is 0 Å². The number of hydrazine groups is 1. The number of aliphatic hydroxyl groups excluding tert-OH is 1.